The summed E-state index contributed by atoms with van der Waals surface area (Å²) in [4.78, 5) is 11.4. The third kappa shape index (κ3) is 3.03. The quantitative estimate of drug-likeness (QED) is 0.406. The number of carbonyl (C=O) groups is 1. The predicted octanol–water partition coefficient (Wildman–Crippen LogP) is -1.60. The van der Waals surface area contributed by atoms with Crippen LogP contribution in [0.25, 0.3) is 0 Å². The van der Waals surface area contributed by atoms with Crippen molar-refractivity contribution in [2.45, 2.75) is 49.8 Å². The van der Waals surface area contributed by atoms with Crippen LogP contribution in [0.3, 0.4) is 0 Å². The lowest BCUT2D eigenvalue weighted by atomic mass is 9.87. The van der Waals surface area contributed by atoms with E-state index in [4.69, 9.17) is 14.2 Å². The molecular weight excluding hydrogens is 324 g/mol. The van der Waals surface area contributed by atoms with E-state index in [2.05, 4.69) is 0 Å². The van der Waals surface area contributed by atoms with Gasteiger partial charge in [-0.15, -0.1) is 0 Å². The van der Waals surface area contributed by atoms with Crippen molar-refractivity contribution in [3.8, 4) is 0 Å². The fraction of sp³-hybridized carbons (Fsp3) is 0.800. The Balaban J connectivity index is 1.74. The van der Waals surface area contributed by atoms with Crippen molar-refractivity contribution in [2.24, 2.45) is 17.8 Å². The van der Waals surface area contributed by atoms with Crippen LogP contribution in [0.2, 0.25) is 0 Å². The molecular formula is C15H22O9. The van der Waals surface area contributed by atoms with Crippen molar-refractivity contribution in [1.82, 2.24) is 0 Å². The van der Waals surface area contributed by atoms with E-state index in [0.717, 1.165) is 0 Å². The first-order valence-corrected chi connectivity index (χ1v) is 7.95. The van der Waals surface area contributed by atoms with Gasteiger partial charge in [0.25, 0.3) is 0 Å². The number of allylic oxidation sites excluding steroid dienone is 1. The van der Waals surface area contributed by atoms with Crippen molar-refractivity contribution >= 4 is 5.97 Å². The van der Waals surface area contributed by atoms with Gasteiger partial charge in [-0.3, -0.25) is 4.79 Å². The van der Waals surface area contributed by atoms with Gasteiger partial charge in [0.05, 0.1) is 18.8 Å². The lowest BCUT2D eigenvalue weighted by Crippen LogP contribution is -2.60. The zero-order chi connectivity index (χ0) is 17.4. The molecule has 0 aromatic carbocycles. The second-order valence-electron chi connectivity index (χ2n) is 6.43. The van der Waals surface area contributed by atoms with E-state index >= 15 is 0 Å². The van der Waals surface area contributed by atoms with Gasteiger partial charge in [-0.2, -0.15) is 0 Å². The number of aliphatic carboxylic acids is 1. The number of hydrogen-bond donors (Lipinski definition) is 5. The molecule has 136 valence electrons. The van der Waals surface area contributed by atoms with E-state index in [1.54, 1.807) is 6.08 Å². The smallest absolute Gasteiger partial charge is 0.307 e. The summed E-state index contributed by atoms with van der Waals surface area (Å²) in [7, 11) is 0. The van der Waals surface area contributed by atoms with Crippen molar-refractivity contribution in [3.63, 3.8) is 0 Å². The van der Waals surface area contributed by atoms with E-state index in [0.29, 0.717) is 12.8 Å². The summed E-state index contributed by atoms with van der Waals surface area (Å²) in [6, 6.07) is 0. The van der Waals surface area contributed by atoms with Gasteiger partial charge < -0.3 is 39.7 Å². The molecule has 1 saturated carbocycles. The Labute approximate surface area is 138 Å². The highest BCUT2D eigenvalue weighted by Gasteiger charge is 2.50. The number of ether oxygens (including phenoxy) is 3. The number of fused-ring (bicyclic) bond motifs is 1. The Morgan fingerprint density at radius 1 is 1.12 bits per heavy atom. The molecule has 0 spiro atoms. The maximum atomic E-state index is 11.4. The maximum absolute atomic E-state index is 11.4. The minimum Gasteiger partial charge on any atom is -0.481 e. The third-order valence-electron chi connectivity index (χ3n) is 5.06. The first-order chi connectivity index (χ1) is 11.4. The molecule has 0 aromatic rings. The van der Waals surface area contributed by atoms with Crippen LogP contribution in [0.15, 0.2) is 12.3 Å². The second-order valence-corrected chi connectivity index (χ2v) is 6.43. The maximum Gasteiger partial charge on any atom is 0.307 e. The second kappa shape index (κ2) is 6.95. The molecule has 3 rings (SSSR count). The molecule has 0 bridgehead atoms. The highest BCUT2D eigenvalue weighted by molar-refractivity contribution is 5.71. The third-order valence-corrected chi connectivity index (χ3v) is 5.06. The van der Waals surface area contributed by atoms with Crippen LogP contribution in [-0.2, 0) is 19.0 Å². The fourth-order valence-corrected chi connectivity index (χ4v) is 3.71. The lowest BCUT2D eigenvalue weighted by Gasteiger charge is -2.42. The Morgan fingerprint density at radius 2 is 1.88 bits per heavy atom. The lowest BCUT2D eigenvalue weighted by molar-refractivity contribution is -0.342. The minimum absolute atomic E-state index is 0.0188. The fourth-order valence-electron chi connectivity index (χ4n) is 3.71. The molecule has 2 aliphatic heterocycles. The number of aliphatic hydroxyl groups excluding tert-OH is 4. The van der Waals surface area contributed by atoms with Crippen LogP contribution in [0, 0.1) is 17.8 Å². The zero-order valence-corrected chi connectivity index (χ0v) is 12.8. The number of carboxylic acids is 1. The van der Waals surface area contributed by atoms with Crippen molar-refractivity contribution in [3.05, 3.63) is 12.3 Å². The van der Waals surface area contributed by atoms with Gasteiger partial charge in [0.15, 0.2) is 6.29 Å². The summed E-state index contributed by atoms with van der Waals surface area (Å²) in [6.07, 6.45) is -3.61. The molecule has 1 aliphatic carbocycles. The monoisotopic (exact) mass is 346 g/mol. The molecule has 3 aliphatic rings. The number of aliphatic hydroxyl groups is 4. The van der Waals surface area contributed by atoms with Crippen LogP contribution in [0.1, 0.15) is 12.8 Å². The molecule has 0 amide bonds. The zero-order valence-electron chi connectivity index (χ0n) is 12.8. The summed E-state index contributed by atoms with van der Waals surface area (Å²) < 4.78 is 16.3. The molecule has 2 fully saturated rings. The van der Waals surface area contributed by atoms with Crippen LogP contribution in [0.5, 0.6) is 0 Å². The highest BCUT2D eigenvalue weighted by atomic mass is 16.8. The van der Waals surface area contributed by atoms with Gasteiger partial charge in [0, 0.05) is 5.92 Å². The molecule has 9 heteroatoms. The van der Waals surface area contributed by atoms with Gasteiger partial charge in [-0.25, -0.2) is 0 Å². The first kappa shape index (κ1) is 17.6. The largest absolute Gasteiger partial charge is 0.481 e. The van der Waals surface area contributed by atoms with Crippen molar-refractivity contribution in [2.75, 3.05) is 6.61 Å². The number of rotatable bonds is 4. The van der Waals surface area contributed by atoms with Gasteiger partial charge in [0.2, 0.25) is 6.29 Å². The molecule has 5 N–H and O–H groups in total. The Hall–Kier alpha value is -1.23. The molecule has 0 aromatic heterocycles. The van der Waals surface area contributed by atoms with E-state index in [1.165, 1.54) is 6.26 Å². The average molecular weight is 346 g/mol. The van der Waals surface area contributed by atoms with E-state index < -0.39 is 61.4 Å². The topological polar surface area (TPSA) is 146 Å². The molecule has 0 unspecified atom stereocenters. The summed E-state index contributed by atoms with van der Waals surface area (Å²) in [5.41, 5.74) is 0. The molecule has 9 atom stereocenters. The molecule has 24 heavy (non-hydrogen) atoms. The van der Waals surface area contributed by atoms with E-state index in [1.807, 2.05) is 0 Å². The molecule has 0 radical (unpaired) electrons. The normalized spacial score (nSPS) is 47.9. The predicted molar refractivity (Wildman–Crippen MR) is 76.2 cm³/mol. The summed E-state index contributed by atoms with van der Waals surface area (Å²) in [6.45, 7) is -0.569. The van der Waals surface area contributed by atoms with Crippen molar-refractivity contribution in [1.29, 1.82) is 0 Å². The first-order valence-electron chi connectivity index (χ1n) is 7.95. The molecule has 1 saturated heterocycles. The Morgan fingerprint density at radius 3 is 2.54 bits per heavy atom. The molecule has 2 heterocycles. The number of hydrogen-bond acceptors (Lipinski definition) is 8. The van der Waals surface area contributed by atoms with Crippen LogP contribution in [-0.4, -0.2) is 75.1 Å². The van der Waals surface area contributed by atoms with E-state index in [-0.39, 0.29) is 5.92 Å². The van der Waals surface area contributed by atoms with Gasteiger partial charge in [0.1, 0.15) is 24.4 Å². The minimum atomic E-state index is -1.56. The van der Waals surface area contributed by atoms with Crippen LogP contribution < -0.4 is 0 Å². The highest BCUT2D eigenvalue weighted by Crippen LogP contribution is 2.44. The standard InChI is InChI=1S/C15H22O9/c16-5-8-10(17)11(18)12(19)15(23-8)24-14-9-6(3-4-22-14)1-2-7(9)13(20)21/h3-4,6-12,14-19H,1-2,5H2,(H,20,21)/t6-,7-,8+,9+,10+,11-,12+,14+,15-/m1/s1. The Bertz CT molecular complexity index is 493. The molecule has 9 nitrogen and oxygen atoms in total. The van der Waals surface area contributed by atoms with Crippen LogP contribution >= 0.6 is 0 Å². The van der Waals surface area contributed by atoms with Crippen molar-refractivity contribution < 1.29 is 44.5 Å². The van der Waals surface area contributed by atoms with Crippen LogP contribution in [0.4, 0.5) is 0 Å². The average Bonchev–Trinajstić information content (AvgIpc) is 3.00. The van der Waals surface area contributed by atoms with Gasteiger partial charge in [-0.1, -0.05) is 0 Å². The van der Waals surface area contributed by atoms with E-state index in [9.17, 15) is 30.3 Å². The summed E-state index contributed by atoms with van der Waals surface area (Å²) >= 11 is 0. The van der Waals surface area contributed by atoms with Gasteiger partial charge in [-0.05, 0) is 24.8 Å². The summed E-state index contributed by atoms with van der Waals surface area (Å²) in [5.74, 6) is -2.05. The number of carboxylic acid groups (broad SMARTS) is 1. The Kier molecular flexibility index (Phi) is 5.09. The SMILES string of the molecule is O=C(O)[C@@H]1CC[C@@H]2C=CO[C@@H](O[C@H]3O[C@@H](CO)[C@H](O)[C@@H](O)[C@@H]3O)[C@@H]21. The summed E-state index contributed by atoms with van der Waals surface area (Å²) in [5, 5.41) is 48.2. The van der Waals surface area contributed by atoms with Gasteiger partial charge >= 0.3 is 5.97 Å².